The molecule has 0 fully saturated rings. The number of nitrogens with one attached hydrogen (secondary N) is 1. The van der Waals surface area contributed by atoms with Crippen LogP contribution in [-0.4, -0.2) is 47.3 Å². The zero-order valence-corrected chi connectivity index (χ0v) is 15.6. The van der Waals surface area contributed by atoms with E-state index in [-0.39, 0.29) is 30.0 Å². The number of amides is 2. The predicted molar refractivity (Wildman–Crippen MR) is 98.3 cm³/mol. The fourth-order valence-electron chi connectivity index (χ4n) is 2.69. The smallest absolute Gasteiger partial charge is 0.249 e. The van der Waals surface area contributed by atoms with Crippen molar-refractivity contribution in [2.75, 3.05) is 13.6 Å². The second-order valence-corrected chi connectivity index (χ2v) is 7.01. The van der Waals surface area contributed by atoms with Crippen LogP contribution in [0, 0.1) is 11.8 Å². The highest BCUT2D eigenvalue weighted by molar-refractivity contribution is 5.92. The molecule has 6 heteroatoms. The van der Waals surface area contributed by atoms with Gasteiger partial charge in [0.05, 0.1) is 1.37 Å². The molecule has 0 saturated carbocycles. The van der Waals surface area contributed by atoms with E-state index in [1.54, 1.807) is 26.0 Å². The Balaban J connectivity index is 2.35. The Labute approximate surface area is 158 Å². The summed E-state index contributed by atoms with van der Waals surface area (Å²) in [5, 5.41) is 12.3. The number of nitrogens with zero attached hydrogens (tertiary/aromatic N) is 1. The average Bonchev–Trinajstić information content (AvgIpc) is 2.70. The van der Waals surface area contributed by atoms with Crippen LogP contribution in [0.4, 0.5) is 0 Å². The summed E-state index contributed by atoms with van der Waals surface area (Å²) in [7, 11) is 1.38. The molecule has 0 unspecified atom stereocenters. The average molecular weight is 363 g/mol. The van der Waals surface area contributed by atoms with Gasteiger partial charge in [-0.2, -0.15) is 0 Å². The van der Waals surface area contributed by atoms with E-state index in [4.69, 9.17) is 4.11 Å². The lowest BCUT2D eigenvalue weighted by Gasteiger charge is -2.24. The van der Waals surface area contributed by atoms with E-state index < -0.39 is 42.0 Å². The molecule has 3 atom stereocenters. The van der Waals surface area contributed by atoms with E-state index in [2.05, 4.69) is 5.32 Å². The number of carbonyl (C=O) groups excluding carboxylic acids is 3. The van der Waals surface area contributed by atoms with Crippen LogP contribution in [-0.2, 0) is 20.8 Å². The monoisotopic (exact) mass is 363 g/mol. The summed E-state index contributed by atoms with van der Waals surface area (Å²) in [5.41, 5.74) is 0.223. The standard InChI is InChI=1S/C20H28N2O4/c1-12(2)18(24)16(23)11-13(3)19(25)21-17-15-8-6-5-7-14(15)9-10-22(4)20(17)26/h5-8,12-13,17-18,24H,9-11H2,1-4H3,(H,21,25)/t13-,17+,18+/m1/s1/i9D2,17D. The van der Waals surface area contributed by atoms with E-state index in [9.17, 15) is 19.5 Å². The van der Waals surface area contributed by atoms with Crippen molar-refractivity contribution in [2.24, 2.45) is 11.8 Å². The Morgan fingerprint density at radius 2 is 2.04 bits per heavy atom. The molecule has 0 radical (unpaired) electrons. The molecule has 1 aromatic carbocycles. The van der Waals surface area contributed by atoms with Crippen molar-refractivity contribution in [2.45, 2.75) is 45.7 Å². The van der Waals surface area contributed by atoms with Gasteiger partial charge in [-0.15, -0.1) is 0 Å². The van der Waals surface area contributed by atoms with Gasteiger partial charge in [-0.05, 0) is 23.4 Å². The van der Waals surface area contributed by atoms with Crippen LogP contribution in [0.2, 0.25) is 0 Å². The third-order valence-corrected chi connectivity index (χ3v) is 4.43. The van der Waals surface area contributed by atoms with Gasteiger partial charge < -0.3 is 15.3 Å². The van der Waals surface area contributed by atoms with Gasteiger partial charge in [-0.25, -0.2) is 0 Å². The van der Waals surface area contributed by atoms with Crippen LogP contribution in [0.3, 0.4) is 0 Å². The normalized spacial score (nSPS) is 26.0. The first kappa shape index (κ1) is 16.0. The van der Waals surface area contributed by atoms with Crippen molar-refractivity contribution in [3.05, 3.63) is 35.4 Å². The van der Waals surface area contributed by atoms with Crippen LogP contribution in [0.25, 0.3) is 0 Å². The molecule has 2 amide bonds. The highest BCUT2D eigenvalue weighted by Crippen LogP contribution is 2.25. The largest absolute Gasteiger partial charge is 0.385 e. The molecule has 142 valence electrons. The molecule has 0 saturated heterocycles. The fourth-order valence-corrected chi connectivity index (χ4v) is 2.69. The minimum absolute atomic E-state index is 0.0634. The molecule has 0 bridgehead atoms. The van der Waals surface area contributed by atoms with E-state index in [0.29, 0.717) is 0 Å². The lowest BCUT2D eigenvalue weighted by atomic mass is 9.94. The van der Waals surface area contributed by atoms with Gasteiger partial charge in [0.2, 0.25) is 11.8 Å². The molecule has 2 N–H and O–H groups in total. The van der Waals surface area contributed by atoms with E-state index in [0.717, 1.165) is 4.90 Å². The summed E-state index contributed by atoms with van der Waals surface area (Å²) < 4.78 is 25.4. The van der Waals surface area contributed by atoms with Crippen molar-refractivity contribution < 1.29 is 23.6 Å². The number of rotatable bonds is 6. The Bertz CT molecular complexity index is 815. The second-order valence-electron chi connectivity index (χ2n) is 7.01. The zero-order chi connectivity index (χ0) is 22.1. The molecule has 1 heterocycles. The van der Waals surface area contributed by atoms with Crippen molar-refractivity contribution in [3.8, 4) is 0 Å². The molecule has 0 aliphatic carbocycles. The van der Waals surface area contributed by atoms with Crippen molar-refractivity contribution in [1.82, 2.24) is 10.2 Å². The fraction of sp³-hybridized carbons (Fsp3) is 0.550. The first-order valence-electron chi connectivity index (χ1n) is 10.2. The molecule has 26 heavy (non-hydrogen) atoms. The molecular formula is C20H28N2O4. The summed E-state index contributed by atoms with van der Waals surface area (Å²) in [6.07, 6.45) is -3.31. The molecule has 1 aliphatic rings. The first-order chi connectivity index (χ1) is 13.3. The van der Waals surface area contributed by atoms with Gasteiger partial charge in [-0.1, -0.05) is 45.0 Å². The first-order valence-corrected chi connectivity index (χ1v) is 8.69. The molecular weight excluding hydrogens is 332 g/mol. The summed E-state index contributed by atoms with van der Waals surface area (Å²) in [6, 6.07) is 3.93. The Kier molecular flexibility index (Phi) is 5.20. The van der Waals surface area contributed by atoms with Crippen LogP contribution in [0.15, 0.2) is 24.3 Å². The van der Waals surface area contributed by atoms with Crippen molar-refractivity contribution in [3.63, 3.8) is 0 Å². The lowest BCUT2D eigenvalue weighted by Crippen LogP contribution is -2.43. The number of Topliss-reactive ketones (excluding diaryl/α,β-unsaturated/α-hetero) is 1. The van der Waals surface area contributed by atoms with Gasteiger partial charge in [0.15, 0.2) is 5.78 Å². The number of likely N-dealkylation sites (N-methyl/N-ethyl adjacent to an activating group) is 1. The van der Waals surface area contributed by atoms with Crippen LogP contribution < -0.4 is 5.32 Å². The summed E-state index contributed by atoms with van der Waals surface area (Å²) in [4.78, 5) is 38.9. The molecule has 1 aromatic rings. The molecule has 1 aliphatic heterocycles. The number of hydrogen-bond acceptors (Lipinski definition) is 4. The maximum absolute atomic E-state index is 12.9. The number of benzene rings is 1. The highest BCUT2D eigenvalue weighted by Gasteiger charge is 2.32. The maximum Gasteiger partial charge on any atom is 0.249 e. The maximum atomic E-state index is 12.9. The van der Waals surface area contributed by atoms with Crippen LogP contribution >= 0.6 is 0 Å². The number of aliphatic hydroxyl groups is 1. The number of fused-ring (bicyclic) bond motifs is 1. The summed E-state index contributed by atoms with van der Waals surface area (Å²) in [5.74, 6) is -3.10. The van der Waals surface area contributed by atoms with Crippen LogP contribution in [0.1, 0.15) is 48.4 Å². The van der Waals surface area contributed by atoms with Crippen LogP contribution in [0.5, 0.6) is 0 Å². The van der Waals surface area contributed by atoms with Gasteiger partial charge in [0.25, 0.3) is 0 Å². The third-order valence-electron chi connectivity index (χ3n) is 4.43. The summed E-state index contributed by atoms with van der Waals surface area (Å²) in [6.45, 7) is 4.61. The Hall–Kier alpha value is -2.21. The Morgan fingerprint density at radius 1 is 1.38 bits per heavy atom. The number of hydrogen-bond donors (Lipinski definition) is 2. The quantitative estimate of drug-likeness (QED) is 0.801. The van der Waals surface area contributed by atoms with Gasteiger partial charge in [0.1, 0.15) is 12.1 Å². The van der Waals surface area contributed by atoms with Gasteiger partial charge in [-0.3, -0.25) is 14.4 Å². The second kappa shape index (κ2) is 8.45. The predicted octanol–water partition coefficient (Wildman–Crippen LogP) is 1.47. The molecule has 0 aromatic heterocycles. The minimum Gasteiger partial charge on any atom is -0.385 e. The summed E-state index contributed by atoms with van der Waals surface area (Å²) >= 11 is 0. The van der Waals surface area contributed by atoms with Gasteiger partial charge in [0, 0.05) is 28.7 Å². The number of aliphatic hydroxyl groups excluding tert-OH is 1. The molecule has 2 rings (SSSR count). The third kappa shape index (κ3) is 4.49. The van der Waals surface area contributed by atoms with Crippen molar-refractivity contribution >= 4 is 17.6 Å². The minimum atomic E-state index is -2.22. The lowest BCUT2D eigenvalue weighted by molar-refractivity contribution is -0.137. The topological polar surface area (TPSA) is 86.7 Å². The zero-order valence-electron chi connectivity index (χ0n) is 18.6. The van der Waals surface area contributed by atoms with E-state index in [1.807, 2.05) is 0 Å². The molecule has 0 spiro atoms. The Morgan fingerprint density at radius 3 is 2.69 bits per heavy atom. The van der Waals surface area contributed by atoms with Gasteiger partial charge >= 0.3 is 0 Å². The molecule has 6 nitrogen and oxygen atoms in total. The number of ketones is 1. The van der Waals surface area contributed by atoms with E-state index in [1.165, 1.54) is 26.1 Å². The van der Waals surface area contributed by atoms with E-state index >= 15 is 0 Å². The SMILES string of the molecule is [2H]C1([2H])CN(C)C(=O)[C@@]([2H])(NC(=O)[C@H](C)CC(=O)[C@@H](O)C(C)C)c2ccccc21. The van der Waals surface area contributed by atoms with Crippen molar-refractivity contribution in [1.29, 1.82) is 0 Å². The highest BCUT2D eigenvalue weighted by atomic mass is 16.3. The number of carbonyl (C=O) groups is 3.